The standard InChI is InChI=1S/C38H40O6/c1-3-29(2)43-38-37(42-27-33-22-14-7-15-23-33)36(41-26-32-20-12-6-13-21-32)35(40-25-31-18-10-5-11-19-31)34(44-38)28-39-24-30-16-8-4-9-17-30/h1,4-23,29,34-38H,24-28H2,2H3/t29?,34-,35-,36+,37-,38+/m1/s1. The van der Waals surface area contributed by atoms with E-state index in [1.54, 1.807) is 0 Å². The normalized spacial score (nSPS) is 22.2. The first-order chi connectivity index (χ1) is 21.7. The summed E-state index contributed by atoms with van der Waals surface area (Å²) in [5.41, 5.74) is 4.17. The molecule has 5 rings (SSSR count). The average molecular weight is 593 g/mol. The first-order valence-electron chi connectivity index (χ1n) is 15.0. The molecule has 0 spiro atoms. The van der Waals surface area contributed by atoms with Crippen molar-refractivity contribution in [1.29, 1.82) is 0 Å². The molecule has 0 N–H and O–H groups in total. The van der Waals surface area contributed by atoms with Crippen LogP contribution in [0.25, 0.3) is 0 Å². The monoisotopic (exact) mass is 592 g/mol. The Morgan fingerprint density at radius 1 is 0.591 bits per heavy atom. The number of benzene rings is 4. The minimum Gasteiger partial charge on any atom is -0.374 e. The second-order valence-electron chi connectivity index (χ2n) is 10.8. The van der Waals surface area contributed by atoms with Crippen molar-refractivity contribution < 1.29 is 28.4 Å². The Morgan fingerprint density at radius 3 is 1.45 bits per heavy atom. The maximum atomic E-state index is 6.69. The molecular formula is C38H40O6. The largest absolute Gasteiger partial charge is 0.374 e. The van der Waals surface area contributed by atoms with Crippen LogP contribution in [0.2, 0.25) is 0 Å². The van der Waals surface area contributed by atoms with Gasteiger partial charge in [-0.25, -0.2) is 0 Å². The lowest BCUT2D eigenvalue weighted by Gasteiger charge is -2.46. The molecule has 1 unspecified atom stereocenters. The number of terminal acetylenes is 1. The zero-order valence-corrected chi connectivity index (χ0v) is 25.1. The molecule has 0 radical (unpaired) electrons. The Bertz CT molecular complexity index is 1390. The molecule has 4 aromatic carbocycles. The van der Waals surface area contributed by atoms with Crippen LogP contribution in [-0.4, -0.2) is 43.4 Å². The minimum absolute atomic E-state index is 0.259. The maximum absolute atomic E-state index is 6.69. The highest BCUT2D eigenvalue weighted by atomic mass is 16.7. The van der Waals surface area contributed by atoms with Crippen molar-refractivity contribution in [1.82, 2.24) is 0 Å². The third-order valence-electron chi connectivity index (χ3n) is 7.41. The van der Waals surface area contributed by atoms with Crippen LogP contribution in [-0.2, 0) is 54.8 Å². The summed E-state index contributed by atoms with van der Waals surface area (Å²) in [4.78, 5) is 0. The molecule has 6 atom stereocenters. The molecule has 6 nitrogen and oxygen atoms in total. The van der Waals surface area contributed by atoms with E-state index in [0.29, 0.717) is 26.4 Å². The smallest absolute Gasteiger partial charge is 0.188 e. The molecule has 1 fully saturated rings. The zero-order chi connectivity index (χ0) is 30.4. The quantitative estimate of drug-likeness (QED) is 0.143. The molecule has 4 aromatic rings. The summed E-state index contributed by atoms with van der Waals surface area (Å²) in [6.07, 6.45) is 2.17. The molecule has 1 aliphatic heterocycles. The van der Waals surface area contributed by atoms with Gasteiger partial charge in [-0.15, -0.1) is 6.42 Å². The van der Waals surface area contributed by atoms with Crippen LogP contribution in [0.15, 0.2) is 121 Å². The van der Waals surface area contributed by atoms with Gasteiger partial charge in [-0.3, -0.25) is 0 Å². The van der Waals surface area contributed by atoms with E-state index >= 15 is 0 Å². The summed E-state index contributed by atoms with van der Waals surface area (Å²) in [6, 6.07) is 40.1. The SMILES string of the molecule is C#CC(C)O[C@H]1O[C@H](COCc2ccccc2)[C@@H](OCc2ccccc2)[C@H](OCc2ccccc2)[C@H]1OCc1ccccc1. The fourth-order valence-corrected chi connectivity index (χ4v) is 5.10. The van der Waals surface area contributed by atoms with Gasteiger partial charge in [0.05, 0.1) is 33.0 Å². The van der Waals surface area contributed by atoms with E-state index in [0.717, 1.165) is 22.3 Å². The van der Waals surface area contributed by atoms with Gasteiger partial charge in [0.1, 0.15) is 30.5 Å². The van der Waals surface area contributed by atoms with Crippen LogP contribution in [0.5, 0.6) is 0 Å². The number of hydrogen-bond donors (Lipinski definition) is 0. The Morgan fingerprint density at radius 2 is 1.00 bits per heavy atom. The highest BCUT2D eigenvalue weighted by Gasteiger charge is 2.49. The molecule has 6 heteroatoms. The van der Waals surface area contributed by atoms with Crippen LogP contribution in [0, 0.1) is 12.3 Å². The molecule has 0 aromatic heterocycles. The first kappa shape index (κ1) is 31.6. The summed E-state index contributed by atoms with van der Waals surface area (Å²) >= 11 is 0. The fourth-order valence-electron chi connectivity index (χ4n) is 5.10. The van der Waals surface area contributed by atoms with Crippen molar-refractivity contribution in [3.05, 3.63) is 144 Å². The average Bonchev–Trinajstić information content (AvgIpc) is 3.08. The molecule has 1 heterocycles. The van der Waals surface area contributed by atoms with Gasteiger partial charge in [0, 0.05) is 0 Å². The van der Waals surface area contributed by atoms with E-state index < -0.39 is 36.8 Å². The third-order valence-corrected chi connectivity index (χ3v) is 7.41. The van der Waals surface area contributed by atoms with Crippen LogP contribution in [0.3, 0.4) is 0 Å². The van der Waals surface area contributed by atoms with E-state index in [-0.39, 0.29) is 6.61 Å². The third kappa shape index (κ3) is 9.35. The summed E-state index contributed by atoms with van der Waals surface area (Å²) < 4.78 is 39.0. The molecule has 0 aliphatic carbocycles. The van der Waals surface area contributed by atoms with Gasteiger partial charge in [-0.2, -0.15) is 0 Å². The Hall–Kier alpha value is -3.80. The zero-order valence-electron chi connectivity index (χ0n) is 25.1. The molecular weight excluding hydrogens is 552 g/mol. The molecule has 0 amide bonds. The van der Waals surface area contributed by atoms with Gasteiger partial charge in [0.25, 0.3) is 0 Å². The lowest BCUT2D eigenvalue weighted by atomic mass is 9.97. The van der Waals surface area contributed by atoms with E-state index in [1.165, 1.54) is 0 Å². The number of ether oxygens (including phenoxy) is 6. The summed E-state index contributed by atoms with van der Waals surface area (Å²) in [7, 11) is 0. The van der Waals surface area contributed by atoms with Gasteiger partial charge in [-0.1, -0.05) is 127 Å². The molecule has 1 aliphatic rings. The summed E-state index contributed by atoms with van der Waals surface area (Å²) in [6.45, 7) is 3.57. The number of hydrogen-bond acceptors (Lipinski definition) is 6. The maximum Gasteiger partial charge on any atom is 0.188 e. The predicted molar refractivity (Wildman–Crippen MR) is 169 cm³/mol. The predicted octanol–water partition coefficient (Wildman–Crippen LogP) is 6.72. The summed E-state index contributed by atoms with van der Waals surface area (Å²) in [5.74, 6) is 2.66. The molecule has 1 saturated heterocycles. The van der Waals surface area contributed by atoms with Gasteiger partial charge in [-0.05, 0) is 29.2 Å². The van der Waals surface area contributed by atoms with Gasteiger partial charge in [0.2, 0.25) is 0 Å². The first-order valence-corrected chi connectivity index (χ1v) is 15.0. The van der Waals surface area contributed by atoms with Gasteiger partial charge in [0.15, 0.2) is 6.29 Å². The van der Waals surface area contributed by atoms with Crippen LogP contribution >= 0.6 is 0 Å². The van der Waals surface area contributed by atoms with Crippen LogP contribution < -0.4 is 0 Å². The Balaban J connectivity index is 1.43. The van der Waals surface area contributed by atoms with E-state index in [9.17, 15) is 0 Å². The highest BCUT2D eigenvalue weighted by molar-refractivity contribution is 5.16. The van der Waals surface area contributed by atoms with Crippen molar-refractivity contribution in [2.75, 3.05) is 6.61 Å². The van der Waals surface area contributed by atoms with E-state index in [2.05, 4.69) is 5.92 Å². The lowest BCUT2D eigenvalue weighted by molar-refractivity contribution is -0.332. The van der Waals surface area contributed by atoms with Crippen molar-refractivity contribution in [3.63, 3.8) is 0 Å². The fraction of sp³-hybridized carbons (Fsp3) is 0.316. The van der Waals surface area contributed by atoms with Crippen molar-refractivity contribution in [2.24, 2.45) is 0 Å². The summed E-state index contributed by atoms with van der Waals surface area (Å²) in [5, 5.41) is 0. The Labute approximate surface area is 260 Å². The minimum atomic E-state index is -0.813. The topological polar surface area (TPSA) is 55.4 Å². The van der Waals surface area contributed by atoms with Gasteiger partial charge >= 0.3 is 0 Å². The van der Waals surface area contributed by atoms with Crippen molar-refractivity contribution >= 4 is 0 Å². The molecule has 44 heavy (non-hydrogen) atoms. The van der Waals surface area contributed by atoms with E-state index in [1.807, 2.05) is 128 Å². The second kappa shape index (κ2) is 16.9. The molecule has 0 saturated carbocycles. The van der Waals surface area contributed by atoms with Crippen LogP contribution in [0.4, 0.5) is 0 Å². The van der Waals surface area contributed by atoms with Crippen molar-refractivity contribution in [3.8, 4) is 12.3 Å². The highest BCUT2D eigenvalue weighted by Crippen LogP contribution is 2.32. The molecule has 228 valence electrons. The van der Waals surface area contributed by atoms with E-state index in [4.69, 9.17) is 34.8 Å². The second-order valence-corrected chi connectivity index (χ2v) is 10.8. The number of rotatable bonds is 15. The van der Waals surface area contributed by atoms with Gasteiger partial charge < -0.3 is 28.4 Å². The van der Waals surface area contributed by atoms with Crippen LogP contribution in [0.1, 0.15) is 29.2 Å². The van der Waals surface area contributed by atoms with Crippen molar-refractivity contribution in [2.45, 2.75) is 70.2 Å². The molecule has 0 bridgehead atoms. The Kier molecular flexibility index (Phi) is 12.1. The lowest BCUT2D eigenvalue weighted by Crippen LogP contribution is -2.62.